The molecule has 0 aliphatic carbocycles. The zero-order valence-electron chi connectivity index (χ0n) is 17.0. The summed E-state index contributed by atoms with van der Waals surface area (Å²) in [6, 6.07) is 27.5. The molecule has 0 bridgehead atoms. The predicted octanol–water partition coefficient (Wildman–Crippen LogP) is 5.16. The molecule has 5 atom stereocenters. The van der Waals surface area contributed by atoms with E-state index < -0.39 is 29.0 Å². The van der Waals surface area contributed by atoms with E-state index in [4.69, 9.17) is 23.2 Å². The molecule has 2 saturated heterocycles. The second-order valence-corrected chi connectivity index (χ2v) is 8.89. The number of imide groups is 1. The Kier molecular flexibility index (Phi) is 5.64. The number of nitrogens with zero attached hydrogens (tertiary/aromatic N) is 2. The zero-order chi connectivity index (χ0) is 22.2. The zero-order valence-corrected chi connectivity index (χ0v) is 18.5. The number of carbonyl (C=O) groups is 2. The Morgan fingerprint density at radius 1 is 0.688 bits per heavy atom. The van der Waals surface area contributed by atoms with Crippen molar-refractivity contribution in [1.29, 1.82) is 0 Å². The first-order valence-corrected chi connectivity index (χ1v) is 11.3. The van der Waals surface area contributed by atoms with Gasteiger partial charge in [0.1, 0.15) is 6.17 Å². The van der Waals surface area contributed by atoms with Gasteiger partial charge >= 0.3 is 6.03 Å². The molecule has 2 fully saturated rings. The first-order valence-electron chi connectivity index (χ1n) is 10.4. The number of halogens is 2. The summed E-state index contributed by atoms with van der Waals surface area (Å²) >= 11 is 13.8. The van der Waals surface area contributed by atoms with Gasteiger partial charge in [-0.1, -0.05) is 66.7 Å². The van der Waals surface area contributed by atoms with E-state index in [1.807, 2.05) is 66.7 Å². The van der Waals surface area contributed by atoms with Gasteiger partial charge in [-0.2, -0.15) is 0 Å². The number of benzene rings is 3. The molecule has 5 nitrogen and oxygen atoms in total. The number of para-hydroxylation sites is 2. The molecular weight excluding hydrogens is 445 g/mol. The molecule has 1 N–H and O–H groups in total. The molecule has 0 radical (unpaired) electrons. The predicted molar refractivity (Wildman–Crippen MR) is 127 cm³/mol. The lowest BCUT2D eigenvalue weighted by Crippen LogP contribution is -2.72. The molecule has 2 aliphatic heterocycles. The Morgan fingerprint density at radius 2 is 1.22 bits per heavy atom. The number of urea groups is 1. The number of carbonyl (C=O) groups excluding carboxylic acids is 2. The van der Waals surface area contributed by atoms with Crippen molar-refractivity contribution in [2.45, 2.75) is 23.0 Å². The third-order valence-corrected chi connectivity index (χ3v) is 7.03. The maximum absolute atomic E-state index is 13.8. The minimum Gasteiger partial charge on any atom is -0.280 e. The van der Waals surface area contributed by atoms with Crippen LogP contribution in [-0.4, -0.2) is 29.0 Å². The summed E-state index contributed by atoms with van der Waals surface area (Å²) in [5.41, 5.74) is 1.56. The number of piperidine rings is 1. The highest BCUT2D eigenvalue weighted by Gasteiger charge is 2.56. The summed E-state index contributed by atoms with van der Waals surface area (Å²) in [7, 11) is 0. The first kappa shape index (κ1) is 21.0. The lowest BCUT2D eigenvalue weighted by atomic mass is 9.80. The van der Waals surface area contributed by atoms with Crippen LogP contribution in [0.2, 0.25) is 0 Å². The molecule has 2 aliphatic rings. The summed E-state index contributed by atoms with van der Waals surface area (Å²) in [6.45, 7) is 0. The van der Waals surface area contributed by atoms with E-state index in [-0.39, 0.29) is 11.8 Å². The molecule has 2 heterocycles. The van der Waals surface area contributed by atoms with Crippen LogP contribution in [0.25, 0.3) is 0 Å². The highest BCUT2D eigenvalue weighted by Crippen LogP contribution is 2.44. The minimum absolute atomic E-state index is 0.312. The van der Waals surface area contributed by atoms with Gasteiger partial charge in [-0.15, -0.1) is 23.2 Å². The minimum atomic E-state index is -0.699. The fourth-order valence-corrected chi connectivity index (χ4v) is 5.65. The normalized spacial score (nSPS) is 27.9. The number of nitrogens with one attached hydrogen (secondary N) is 1. The van der Waals surface area contributed by atoms with Crippen LogP contribution < -0.4 is 15.1 Å². The molecule has 32 heavy (non-hydrogen) atoms. The van der Waals surface area contributed by atoms with Crippen LogP contribution in [0.5, 0.6) is 0 Å². The average Bonchev–Trinajstić information content (AvgIpc) is 2.81. The summed E-state index contributed by atoms with van der Waals surface area (Å²) in [5, 5.41) is 2.70. The molecule has 0 aromatic heterocycles. The molecule has 3 amide bonds. The topological polar surface area (TPSA) is 52.7 Å². The van der Waals surface area contributed by atoms with Crippen molar-refractivity contribution in [3.05, 3.63) is 96.6 Å². The highest BCUT2D eigenvalue weighted by atomic mass is 35.5. The molecule has 0 saturated carbocycles. The van der Waals surface area contributed by atoms with Crippen LogP contribution in [0.3, 0.4) is 0 Å². The van der Waals surface area contributed by atoms with Crippen molar-refractivity contribution in [2.75, 3.05) is 9.80 Å². The van der Waals surface area contributed by atoms with E-state index in [1.54, 1.807) is 29.2 Å². The van der Waals surface area contributed by atoms with E-state index >= 15 is 0 Å². The van der Waals surface area contributed by atoms with E-state index in [0.29, 0.717) is 11.4 Å². The Bertz CT molecular complexity index is 1110. The van der Waals surface area contributed by atoms with E-state index in [9.17, 15) is 9.59 Å². The van der Waals surface area contributed by atoms with E-state index in [1.165, 1.54) is 4.90 Å². The molecule has 5 rings (SSSR count). The number of hydrogen-bond donors (Lipinski definition) is 1. The number of alkyl halides is 2. The fourth-order valence-electron chi connectivity index (χ4n) is 4.61. The number of anilines is 2. The van der Waals surface area contributed by atoms with Crippen molar-refractivity contribution in [3.8, 4) is 0 Å². The van der Waals surface area contributed by atoms with Gasteiger partial charge in [0.25, 0.3) is 0 Å². The summed E-state index contributed by atoms with van der Waals surface area (Å²) < 4.78 is 0. The lowest BCUT2D eigenvalue weighted by molar-refractivity contribution is -0.124. The van der Waals surface area contributed by atoms with Gasteiger partial charge in [-0.05, 0) is 29.8 Å². The van der Waals surface area contributed by atoms with Crippen molar-refractivity contribution in [3.63, 3.8) is 0 Å². The lowest BCUT2D eigenvalue weighted by Gasteiger charge is -2.51. The van der Waals surface area contributed by atoms with Crippen molar-refractivity contribution < 1.29 is 9.59 Å². The molecule has 3 aromatic carbocycles. The second kappa shape index (κ2) is 8.58. The van der Waals surface area contributed by atoms with Crippen LogP contribution in [0.1, 0.15) is 11.5 Å². The van der Waals surface area contributed by atoms with Crippen LogP contribution in [0.4, 0.5) is 16.2 Å². The highest BCUT2D eigenvalue weighted by molar-refractivity contribution is 6.29. The number of fused-ring (bicyclic) bond motifs is 1. The van der Waals surface area contributed by atoms with Gasteiger partial charge < -0.3 is 0 Å². The fraction of sp³-hybridized carbons (Fsp3) is 0.200. The monoisotopic (exact) mass is 465 g/mol. The molecule has 5 unspecified atom stereocenters. The Labute approximate surface area is 196 Å². The van der Waals surface area contributed by atoms with Crippen LogP contribution >= 0.6 is 23.2 Å². The SMILES string of the molecule is O=C1C2C(Cl)C(c3ccccc3)C(Cl)NC2N(c2ccccc2)C(=O)N1c1ccccc1. The summed E-state index contributed by atoms with van der Waals surface area (Å²) in [4.78, 5) is 30.2. The summed E-state index contributed by atoms with van der Waals surface area (Å²) in [5.74, 6) is -1.35. The molecule has 3 aromatic rings. The maximum Gasteiger partial charge on any atom is 0.337 e. The Morgan fingerprint density at radius 3 is 1.81 bits per heavy atom. The van der Waals surface area contributed by atoms with Gasteiger partial charge in [-0.25, -0.2) is 9.69 Å². The van der Waals surface area contributed by atoms with Crippen molar-refractivity contribution >= 4 is 46.5 Å². The number of amides is 3. The van der Waals surface area contributed by atoms with Gasteiger partial charge in [0.05, 0.1) is 22.5 Å². The largest absolute Gasteiger partial charge is 0.337 e. The third kappa shape index (κ3) is 3.47. The second-order valence-electron chi connectivity index (χ2n) is 7.92. The number of hydrogen-bond acceptors (Lipinski definition) is 3. The molecule has 0 spiro atoms. The Hall–Kier alpha value is -2.86. The maximum atomic E-state index is 13.8. The third-order valence-electron chi connectivity index (χ3n) is 6.09. The number of rotatable bonds is 3. The standard InChI is InChI=1S/C25H21Cl2N3O2/c26-21-19(16-10-4-1-5-11-16)22(27)28-23-20(21)24(31)30(18-14-8-3-9-15-18)25(32)29(23)17-12-6-2-7-13-17/h1-15,19-23,28H. The van der Waals surface area contributed by atoms with Crippen LogP contribution in [0, 0.1) is 5.92 Å². The van der Waals surface area contributed by atoms with E-state index in [0.717, 1.165) is 5.56 Å². The van der Waals surface area contributed by atoms with Crippen molar-refractivity contribution in [2.24, 2.45) is 5.92 Å². The quantitative estimate of drug-likeness (QED) is 0.429. The molecule has 7 heteroatoms. The first-order chi connectivity index (χ1) is 15.6. The Balaban J connectivity index is 1.62. The van der Waals surface area contributed by atoms with Gasteiger partial charge in [0.2, 0.25) is 5.91 Å². The van der Waals surface area contributed by atoms with Gasteiger partial charge in [0.15, 0.2) is 0 Å². The van der Waals surface area contributed by atoms with Crippen molar-refractivity contribution in [1.82, 2.24) is 5.32 Å². The van der Waals surface area contributed by atoms with Gasteiger partial charge in [0, 0.05) is 11.6 Å². The van der Waals surface area contributed by atoms with Gasteiger partial charge in [-0.3, -0.25) is 15.0 Å². The molecular formula is C25H21Cl2N3O2. The van der Waals surface area contributed by atoms with E-state index in [2.05, 4.69) is 5.32 Å². The van der Waals surface area contributed by atoms with Crippen LogP contribution in [0.15, 0.2) is 91.0 Å². The smallest absolute Gasteiger partial charge is 0.280 e. The average molecular weight is 466 g/mol. The molecule has 162 valence electrons. The summed E-state index contributed by atoms with van der Waals surface area (Å²) in [6.07, 6.45) is -0.665. The van der Waals surface area contributed by atoms with Crippen LogP contribution in [-0.2, 0) is 4.79 Å².